The van der Waals surface area contributed by atoms with E-state index < -0.39 is 5.97 Å². The number of rotatable bonds is 17. The normalized spacial score (nSPS) is 11.1. The Morgan fingerprint density at radius 2 is 1.81 bits per heavy atom. The molecule has 0 radical (unpaired) electrons. The van der Waals surface area contributed by atoms with Crippen molar-refractivity contribution in [2.24, 2.45) is 0 Å². The molecule has 3 rings (SSSR count). The molecular weight excluding hydrogens is 518 g/mol. The molecule has 0 spiro atoms. The van der Waals surface area contributed by atoms with E-state index in [-0.39, 0.29) is 18.9 Å². The number of amides is 1. The summed E-state index contributed by atoms with van der Waals surface area (Å²) in [6, 6.07) is 6.28. The number of hydrogen-bond acceptors (Lipinski definition) is 10. The van der Waals surface area contributed by atoms with E-state index in [1.807, 2.05) is 10.8 Å². The smallest absolute Gasteiger partial charge is 0.305 e. The van der Waals surface area contributed by atoms with Gasteiger partial charge in [-0.1, -0.05) is 29.2 Å². The second-order valence-corrected chi connectivity index (χ2v) is 10.2. The van der Waals surface area contributed by atoms with E-state index in [4.69, 9.17) is 19.3 Å². The quantitative estimate of drug-likeness (QED) is 0.198. The van der Waals surface area contributed by atoms with Crippen LogP contribution < -0.4 is 0 Å². The van der Waals surface area contributed by atoms with Crippen molar-refractivity contribution in [3.63, 3.8) is 0 Å². The van der Waals surface area contributed by atoms with Gasteiger partial charge in [0.1, 0.15) is 0 Å². The van der Waals surface area contributed by atoms with Crippen molar-refractivity contribution in [3.05, 3.63) is 53.1 Å². The van der Waals surface area contributed by atoms with Gasteiger partial charge >= 0.3 is 5.97 Å². The molecule has 0 aliphatic rings. The van der Waals surface area contributed by atoms with Gasteiger partial charge in [-0.15, -0.1) is 10.2 Å². The minimum Gasteiger partial charge on any atom is -0.481 e. The summed E-state index contributed by atoms with van der Waals surface area (Å²) in [5.41, 5.74) is 3.43. The van der Waals surface area contributed by atoms with Crippen LogP contribution in [0, 0.1) is 6.92 Å². The molecule has 37 heavy (non-hydrogen) atoms. The predicted molar refractivity (Wildman–Crippen MR) is 139 cm³/mol. The number of carboxylic acid groups (broad SMARTS) is 1. The first kappa shape index (κ1) is 28.7. The molecule has 0 saturated carbocycles. The number of carbonyl (C=O) groups is 2. The first-order valence-electron chi connectivity index (χ1n) is 11.7. The summed E-state index contributed by atoms with van der Waals surface area (Å²) < 4.78 is 18.7. The van der Waals surface area contributed by atoms with E-state index in [1.54, 1.807) is 36.2 Å². The van der Waals surface area contributed by atoms with Crippen molar-refractivity contribution in [3.8, 4) is 5.69 Å². The van der Waals surface area contributed by atoms with Crippen LogP contribution in [0.15, 0.2) is 41.3 Å². The van der Waals surface area contributed by atoms with Gasteiger partial charge < -0.3 is 28.8 Å². The number of nitrogens with zero attached hydrogens (tertiary/aromatic N) is 5. The largest absolute Gasteiger partial charge is 0.481 e. The third-order valence-electron chi connectivity index (χ3n) is 5.19. The van der Waals surface area contributed by atoms with E-state index in [0.29, 0.717) is 44.6 Å². The van der Waals surface area contributed by atoms with Gasteiger partial charge in [-0.2, -0.15) is 0 Å². The molecule has 2 heterocycles. The minimum absolute atomic E-state index is 0.0191. The Bertz CT molecular complexity index is 1120. The van der Waals surface area contributed by atoms with Crippen molar-refractivity contribution in [1.29, 1.82) is 0 Å². The van der Waals surface area contributed by atoms with E-state index in [1.165, 1.54) is 22.5 Å². The lowest BCUT2D eigenvalue weighted by Crippen LogP contribution is -2.30. The molecule has 0 unspecified atom stereocenters. The number of likely N-dealkylation sites (N-methyl/N-ethyl adjacent to an activating group) is 1. The SMILES string of the molecule is Cc1cc(-n2ccnc2)ccc1CSc1nnc(C(=O)N(C)CCOCCOCCOCCC(=O)O)s1. The fraction of sp³-hybridized carbons (Fsp3) is 0.458. The molecule has 3 aromatic rings. The summed E-state index contributed by atoms with van der Waals surface area (Å²) in [5, 5.41) is 17.1. The molecule has 13 heteroatoms. The van der Waals surface area contributed by atoms with Gasteiger partial charge in [0.05, 0.1) is 52.4 Å². The molecule has 0 aliphatic carbocycles. The zero-order valence-corrected chi connectivity index (χ0v) is 22.5. The zero-order valence-electron chi connectivity index (χ0n) is 20.9. The van der Waals surface area contributed by atoms with Crippen molar-refractivity contribution < 1.29 is 28.9 Å². The number of imidazole rings is 1. The van der Waals surface area contributed by atoms with Crippen molar-refractivity contribution in [2.75, 3.05) is 53.2 Å². The number of ether oxygens (including phenoxy) is 3. The van der Waals surface area contributed by atoms with Gasteiger partial charge in [-0.25, -0.2) is 4.98 Å². The Labute approximate surface area is 223 Å². The number of carbonyl (C=O) groups excluding carboxylic acids is 1. The van der Waals surface area contributed by atoms with E-state index in [9.17, 15) is 9.59 Å². The average Bonchev–Trinajstić information content (AvgIpc) is 3.58. The van der Waals surface area contributed by atoms with Crippen LogP contribution in [0.2, 0.25) is 0 Å². The molecule has 11 nitrogen and oxygen atoms in total. The van der Waals surface area contributed by atoms with Crippen LogP contribution in [-0.4, -0.2) is 94.9 Å². The number of aryl methyl sites for hydroxylation is 1. The molecule has 0 bridgehead atoms. The molecule has 1 N–H and O–H groups in total. The number of aliphatic carboxylic acids is 1. The lowest BCUT2D eigenvalue weighted by atomic mass is 10.1. The zero-order chi connectivity index (χ0) is 26.5. The van der Waals surface area contributed by atoms with Gasteiger partial charge in [0.25, 0.3) is 5.91 Å². The number of aromatic nitrogens is 4. The summed E-state index contributed by atoms with van der Waals surface area (Å²) in [7, 11) is 1.70. The molecule has 0 fully saturated rings. The second kappa shape index (κ2) is 15.4. The van der Waals surface area contributed by atoms with Crippen LogP contribution in [0.3, 0.4) is 0 Å². The highest BCUT2D eigenvalue weighted by molar-refractivity contribution is 8.00. The number of benzene rings is 1. The number of thioether (sulfide) groups is 1. The first-order chi connectivity index (χ1) is 17.9. The summed E-state index contributed by atoms with van der Waals surface area (Å²) in [6.45, 7) is 4.53. The van der Waals surface area contributed by atoms with E-state index >= 15 is 0 Å². The first-order valence-corrected chi connectivity index (χ1v) is 13.5. The fourth-order valence-corrected chi connectivity index (χ4v) is 5.00. The topological polar surface area (TPSA) is 129 Å². The minimum atomic E-state index is -0.886. The van der Waals surface area contributed by atoms with Crippen LogP contribution in [-0.2, 0) is 24.8 Å². The fourth-order valence-electron chi connectivity index (χ4n) is 3.08. The molecule has 0 atom stereocenters. The van der Waals surface area contributed by atoms with E-state index in [0.717, 1.165) is 15.8 Å². The number of hydrogen-bond donors (Lipinski definition) is 1. The number of carboxylic acids is 1. The van der Waals surface area contributed by atoms with Crippen LogP contribution in [0.25, 0.3) is 5.69 Å². The molecule has 1 amide bonds. The Morgan fingerprint density at radius 1 is 1.08 bits per heavy atom. The standard InChI is InChI=1S/C24H31N5O6S2/c1-18-15-20(29-7-6-25-17-29)4-3-19(18)16-36-24-27-26-22(37-24)23(32)28(2)8-10-34-12-14-35-13-11-33-9-5-21(30)31/h3-4,6-7,15,17H,5,8-14,16H2,1-2H3,(H,30,31). The molecule has 2 aromatic heterocycles. The highest BCUT2D eigenvalue weighted by Crippen LogP contribution is 2.28. The molecule has 1 aromatic carbocycles. The maximum absolute atomic E-state index is 12.7. The Balaban J connectivity index is 1.31. The van der Waals surface area contributed by atoms with Crippen molar-refractivity contribution in [1.82, 2.24) is 24.6 Å². The van der Waals surface area contributed by atoms with Crippen LogP contribution in [0.1, 0.15) is 27.3 Å². The molecule has 0 saturated heterocycles. The van der Waals surface area contributed by atoms with Crippen molar-refractivity contribution in [2.45, 2.75) is 23.4 Å². The van der Waals surface area contributed by atoms with Gasteiger partial charge in [0.2, 0.25) is 5.01 Å². The Hall–Kier alpha value is -2.84. The highest BCUT2D eigenvalue weighted by Gasteiger charge is 2.17. The van der Waals surface area contributed by atoms with Gasteiger partial charge in [0.15, 0.2) is 4.34 Å². The highest BCUT2D eigenvalue weighted by atomic mass is 32.2. The average molecular weight is 550 g/mol. The third-order valence-corrected chi connectivity index (χ3v) is 7.28. The maximum atomic E-state index is 12.7. The lowest BCUT2D eigenvalue weighted by molar-refractivity contribution is -0.138. The molecule has 0 aliphatic heterocycles. The van der Waals surface area contributed by atoms with Crippen LogP contribution in [0.5, 0.6) is 0 Å². The van der Waals surface area contributed by atoms with Crippen molar-refractivity contribution >= 4 is 35.0 Å². The maximum Gasteiger partial charge on any atom is 0.305 e. The second-order valence-electron chi connectivity index (χ2n) is 7.95. The Kier molecular flexibility index (Phi) is 12.0. The summed E-state index contributed by atoms with van der Waals surface area (Å²) in [6.07, 6.45) is 5.42. The van der Waals surface area contributed by atoms with Crippen LogP contribution >= 0.6 is 23.1 Å². The Morgan fingerprint density at radius 3 is 2.49 bits per heavy atom. The molecular formula is C24H31N5O6S2. The monoisotopic (exact) mass is 549 g/mol. The summed E-state index contributed by atoms with van der Waals surface area (Å²) >= 11 is 2.85. The summed E-state index contributed by atoms with van der Waals surface area (Å²) in [5.74, 6) is -0.342. The van der Waals surface area contributed by atoms with Crippen LogP contribution in [0.4, 0.5) is 0 Å². The predicted octanol–water partition coefficient (Wildman–Crippen LogP) is 2.92. The lowest BCUT2D eigenvalue weighted by Gasteiger charge is -2.15. The summed E-state index contributed by atoms with van der Waals surface area (Å²) in [4.78, 5) is 28.7. The third kappa shape index (κ3) is 9.85. The molecule has 200 valence electrons. The van der Waals surface area contributed by atoms with Gasteiger partial charge in [0, 0.05) is 37.4 Å². The van der Waals surface area contributed by atoms with Gasteiger partial charge in [-0.3, -0.25) is 9.59 Å². The van der Waals surface area contributed by atoms with Gasteiger partial charge in [-0.05, 0) is 30.2 Å². The van der Waals surface area contributed by atoms with E-state index in [2.05, 4.69) is 40.3 Å².